The van der Waals surface area contributed by atoms with Gasteiger partial charge >= 0.3 is 15.6 Å². The highest BCUT2D eigenvalue weighted by molar-refractivity contribution is 7.60. The Kier molecular flexibility index (Phi) is 8.10. The number of hydrogen-bond acceptors (Lipinski definition) is 4. The van der Waals surface area contributed by atoms with Crippen molar-refractivity contribution in [3.63, 3.8) is 0 Å². The minimum Gasteiger partial charge on any atom is -0.393 e. The Bertz CT molecular complexity index is 353. The van der Waals surface area contributed by atoms with Crippen LogP contribution in [0, 0.1) is 17.8 Å². The molecule has 0 heterocycles. The van der Waals surface area contributed by atoms with E-state index in [9.17, 15) is 14.2 Å². The van der Waals surface area contributed by atoms with Gasteiger partial charge in [0, 0.05) is 0 Å². The van der Waals surface area contributed by atoms with Crippen LogP contribution in [-0.2, 0) is 13.4 Å². The second-order valence-electron chi connectivity index (χ2n) is 5.46. The molecule has 3 atom stereocenters. The summed E-state index contributed by atoms with van der Waals surface area (Å²) in [5.74, 6) is 1.95. The van der Waals surface area contributed by atoms with Crippen LogP contribution in [0.25, 0.3) is 0 Å². The molecule has 5 N–H and O–H groups in total. The molecule has 0 aromatic rings. The Morgan fingerprint density at radius 3 is 1.75 bits per heavy atom. The van der Waals surface area contributed by atoms with Crippen LogP contribution in [-0.4, -0.2) is 30.8 Å². The van der Waals surface area contributed by atoms with E-state index in [1.165, 1.54) is 12.8 Å². The molecule has 122 valence electrons. The zero-order valence-corrected chi connectivity index (χ0v) is 13.6. The summed E-state index contributed by atoms with van der Waals surface area (Å²) in [6.07, 6.45) is 3.52. The molecule has 0 spiro atoms. The minimum absolute atomic E-state index is 0.0289. The van der Waals surface area contributed by atoms with E-state index in [0.717, 1.165) is 12.3 Å². The number of hydrogen-bond donors (Lipinski definition) is 5. The van der Waals surface area contributed by atoms with Crippen molar-refractivity contribution in [3.8, 4) is 0 Å². The van der Waals surface area contributed by atoms with Crippen molar-refractivity contribution >= 4 is 15.6 Å². The van der Waals surface area contributed by atoms with Gasteiger partial charge in [-0.25, -0.2) is 9.13 Å². The smallest absolute Gasteiger partial charge is 0.393 e. The number of phosphoric acid groups is 2. The maximum Gasteiger partial charge on any atom is 0.478 e. The molecule has 1 saturated carbocycles. The van der Waals surface area contributed by atoms with Crippen LogP contribution in [0.5, 0.6) is 0 Å². The van der Waals surface area contributed by atoms with Gasteiger partial charge in [0.1, 0.15) is 0 Å². The van der Waals surface area contributed by atoms with Crippen LogP contribution in [0.4, 0.5) is 0 Å². The summed E-state index contributed by atoms with van der Waals surface area (Å²) in [7, 11) is -10.1. The summed E-state index contributed by atoms with van der Waals surface area (Å²) >= 11 is 0. The minimum atomic E-state index is -5.05. The maximum absolute atomic E-state index is 9.71. The molecule has 0 radical (unpaired) electrons. The first-order valence-corrected chi connectivity index (χ1v) is 9.38. The van der Waals surface area contributed by atoms with Crippen molar-refractivity contribution in [1.29, 1.82) is 0 Å². The monoisotopic (exact) mass is 334 g/mol. The van der Waals surface area contributed by atoms with Crippen LogP contribution >= 0.6 is 15.6 Å². The third-order valence-electron chi connectivity index (χ3n) is 3.20. The molecule has 0 aromatic heterocycles. The molecule has 1 fully saturated rings. The van der Waals surface area contributed by atoms with E-state index in [0.29, 0.717) is 11.8 Å². The Balaban J connectivity index is 0.000000370. The van der Waals surface area contributed by atoms with Crippen LogP contribution in [0.15, 0.2) is 0 Å². The van der Waals surface area contributed by atoms with Gasteiger partial charge in [-0.3, -0.25) is 0 Å². The zero-order valence-electron chi connectivity index (χ0n) is 11.8. The van der Waals surface area contributed by atoms with Gasteiger partial charge < -0.3 is 24.7 Å². The number of rotatable bonds is 3. The average Bonchev–Trinajstić information content (AvgIpc) is 2.10. The lowest BCUT2D eigenvalue weighted by atomic mass is 9.75. The lowest BCUT2D eigenvalue weighted by molar-refractivity contribution is 0.0266. The van der Waals surface area contributed by atoms with Crippen LogP contribution < -0.4 is 0 Å². The Labute approximate surface area is 118 Å². The highest BCUT2D eigenvalue weighted by Gasteiger charge is 2.29. The van der Waals surface area contributed by atoms with Gasteiger partial charge in [-0.2, -0.15) is 4.31 Å². The van der Waals surface area contributed by atoms with Crippen molar-refractivity contribution < 1.29 is 38.1 Å². The van der Waals surface area contributed by atoms with E-state index in [4.69, 9.17) is 19.6 Å². The fraction of sp³-hybridized carbons (Fsp3) is 1.00. The molecule has 10 heteroatoms. The van der Waals surface area contributed by atoms with E-state index in [-0.39, 0.29) is 6.10 Å². The normalized spacial score (nSPS) is 27.9. The summed E-state index contributed by atoms with van der Waals surface area (Å²) in [5, 5.41) is 9.71. The standard InChI is InChI=1S/C10H20O.H4O7P2/c1-7(2)9-5-4-8(3)6-10(9)11;1-8(2,3)7-9(4,5)6/h7-11H,4-6H2,1-3H3;(H2,1,2,3)(H2,4,5,6). The molecular weight excluding hydrogens is 310 g/mol. The largest absolute Gasteiger partial charge is 0.478 e. The predicted molar refractivity (Wildman–Crippen MR) is 72.5 cm³/mol. The molecular formula is C10H24O8P2. The van der Waals surface area contributed by atoms with E-state index >= 15 is 0 Å². The summed E-state index contributed by atoms with van der Waals surface area (Å²) in [4.78, 5) is 31.0. The second kappa shape index (κ2) is 8.01. The fourth-order valence-electron chi connectivity index (χ4n) is 2.29. The van der Waals surface area contributed by atoms with Gasteiger partial charge in [-0.1, -0.05) is 27.2 Å². The quantitative estimate of drug-likeness (QED) is 0.490. The van der Waals surface area contributed by atoms with Gasteiger partial charge in [0.05, 0.1) is 6.10 Å². The van der Waals surface area contributed by atoms with Crippen LogP contribution in [0.2, 0.25) is 0 Å². The summed E-state index contributed by atoms with van der Waals surface area (Å²) < 4.78 is 22.2. The number of aliphatic hydroxyl groups is 1. The fourth-order valence-corrected chi connectivity index (χ4v) is 3.40. The van der Waals surface area contributed by atoms with Crippen molar-refractivity contribution in [2.24, 2.45) is 17.8 Å². The summed E-state index contributed by atoms with van der Waals surface area (Å²) in [6.45, 7) is 6.66. The maximum atomic E-state index is 9.71. The molecule has 1 rings (SSSR count). The molecule has 8 nitrogen and oxygen atoms in total. The van der Waals surface area contributed by atoms with Crippen molar-refractivity contribution in [2.45, 2.75) is 46.1 Å². The molecule has 20 heavy (non-hydrogen) atoms. The molecule has 0 amide bonds. The molecule has 0 bridgehead atoms. The summed E-state index contributed by atoms with van der Waals surface area (Å²) in [5.41, 5.74) is 0. The first-order valence-electron chi connectivity index (χ1n) is 6.32. The van der Waals surface area contributed by atoms with Gasteiger partial charge in [-0.05, 0) is 30.6 Å². The molecule has 0 aromatic carbocycles. The van der Waals surface area contributed by atoms with Gasteiger partial charge in [0.15, 0.2) is 0 Å². The SMILES string of the molecule is CC1CCC(C(C)C)C(O)C1.O=P(O)(O)OP(=O)(O)O. The third kappa shape index (κ3) is 10.0. The first-order chi connectivity index (χ1) is 8.82. The van der Waals surface area contributed by atoms with Crippen molar-refractivity contribution in [2.75, 3.05) is 0 Å². The summed E-state index contributed by atoms with van der Waals surface area (Å²) in [6, 6.07) is 0. The van der Waals surface area contributed by atoms with E-state index in [2.05, 4.69) is 25.1 Å². The highest BCUT2D eigenvalue weighted by atomic mass is 31.3. The van der Waals surface area contributed by atoms with Gasteiger partial charge in [0.2, 0.25) is 0 Å². The Morgan fingerprint density at radius 1 is 1.05 bits per heavy atom. The topological polar surface area (TPSA) is 145 Å². The Hall–Kier alpha value is 0.220. The molecule has 0 saturated heterocycles. The zero-order chi connectivity index (χ0) is 16.1. The van der Waals surface area contributed by atoms with Crippen molar-refractivity contribution in [3.05, 3.63) is 0 Å². The second-order valence-corrected chi connectivity index (χ2v) is 8.07. The molecule has 1 aliphatic rings. The molecule has 0 aliphatic heterocycles. The van der Waals surface area contributed by atoms with Crippen molar-refractivity contribution in [1.82, 2.24) is 0 Å². The van der Waals surface area contributed by atoms with E-state index in [1.54, 1.807) is 0 Å². The molecule has 1 aliphatic carbocycles. The van der Waals surface area contributed by atoms with Gasteiger partial charge in [-0.15, -0.1) is 0 Å². The highest BCUT2D eigenvalue weighted by Crippen LogP contribution is 2.53. The third-order valence-corrected chi connectivity index (χ3v) is 4.90. The average molecular weight is 334 g/mol. The predicted octanol–water partition coefficient (Wildman–Crippen LogP) is 1.63. The van der Waals surface area contributed by atoms with Crippen LogP contribution in [0.1, 0.15) is 40.0 Å². The molecule has 3 unspecified atom stereocenters. The lowest BCUT2D eigenvalue weighted by Crippen LogP contribution is -2.31. The lowest BCUT2D eigenvalue weighted by Gasteiger charge is -2.33. The Morgan fingerprint density at radius 2 is 1.50 bits per heavy atom. The van der Waals surface area contributed by atoms with E-state index in [1.807, 2.05) is 0 Å². The number of aliphatic hydroxyl groups excluding tert-OH is 1. The first kappa shape index (κ1) is 20.2. The van der Waals surface area contributed by atoms with Gasteiger partial charge in [0.25, 0.3) is 0 Å². The van der Waals surface area contributed by atoms with Crippen LogP contribution in [0.3, 0.4) is 0 Å². The van der Waals surface area contributed by atoms with E-state index < -0.39 is 15.6 Å².